The second-order valence-corrected chi connectivity index (χ2v) is 8.09. The van der Waals surface area contributed by atoms with E-state index in [0.29, 0.717) is 31.1 Å². The van der Waals surface area contributed by atoms with Gasteiger partial charge in [-0.15, -0.1) is 0 Å². The average molecular weight is 384 g/mol. The van der Waals surface area contributed by atoms with Gasteiger partial charge in [0.05, 0.1) is 24.9 Å². The molecule has 1 amide bonds. The summed E-state index contributed by atoms with van der Waals surface area (Å²) in [6.45, 7) is 5.91. The van der Waals surface area contributed by atoms with Crippen molar-refractivity contribution >= 4 is 5.91 Å². The van der Waals surface area contributed by atoms with Crippen LogP contribution in [-0.4, -0.2) is 46.0 Å². The lowest BCUT2D eigenvalue weighted by molar-refractivity contribution is 0.0730. The third-order valence-electron chi connectivity index (χ3n) is 5.66. The van der Waals surface area contributed by atoms with Crippen molar-refractivity contribution in [3.05, 3.63) is 39.9 Å². The third kappa shape index (κ3) is 3.39. The third-order valence-corrected chi connectivity index (χ3v) is 5.66. The molecule has 1 aliphatic heterocycles. The molecule has 0 bridgehead atoms. The number of carbonyl (C=O) groups is 1. The maximum atomic E-state index is 12.7. The van der Waals surface area contributed by atoms with Gasteiger partial charge in [-0.1, -0.05) is 5.16 Å². The quantitative estimate of drug-likeness (QED) is 0.763. The van der Waals surface area contributed by atoms with Crippen LogP contribution in [0.5, 0.6) is 5.88 Å². The van der Waals surface area contributed by atoms with E-state index in [1.165, 1.54) is 18.4 Å². The molecule has 0 saturated carbocycles. The lowest BCUT2D eigenvalue weighted by Gasteiger charge is -2.19. The van der Waals surface area contributed by atoms with Crippen LogP contribution in [0.15, 0.2) is 10.6 Å². The number of carbonyl (C=O) groups excluding carboxylic acids is 1. The van der Waals surface area contributed by atoms with Crippen molar-refractivity contribution in [2.24, 2.45) is 0 Å². The van der Waals surface area contributed by atoms with Crippen LogP contribution in [-0.2, 0) is 32.5 Å². The number of pyridine rings is 1. The lowest BCUT2D eigenvalue weighted by Crippen LogP contribution is -2.30. The first-order chi connectivity index (χ1) is 13.5. The number of ether oxygens (including phenoxy) is 1. The van der Waals surface area contributed by atoms with Gasteiger partial charge in [-0.3, -0.25) is 9.69 Å². The van der Waals surface area contributed by atoms with Gasteiger partial charge in [0.25, 0.3) is 5.91 Å². The molecule has 3 heterocycles. The van der Waals surface area contributed by atoms with Crippen molar-refractivity contribution in [1.29, 1.82) is 0 Å². The van der Waals surface area contributed by atoms with Crippen molar-refractivity contribution in [2.75, 3.05) is 14.2 Å². The molecule has 0 saturated heterocycles. The molecular weight excluding hydrogens is 356 g/mol. The number of nitrogens with zero attached hydrogens (tertiary/aromatic N) is 4. The van der Waals surface area contributed by atoms with Crippen LogP contribution in [0.25, 0.3) is 0 Å². The fourth-order valence-electron chi connectivity index (χ4n) is 4.15. The topological polar surface area (TPSA) is 71.7 Å². The summed E-state index contributed by atoms with van der Waals surface area (Å²) in [6.07, 6.45) is 4.41. The minimum absolute atomic E-state index is 0.0506. The van der Waals surface area contributed by atoms with Crippen LogP contribution in [0.3, 0.4) is 0 Å². The molecule has 4 rings (SSSR count). The van der Waals surface area contributed by atoms with Crippen molar-refractivity contribution < 1.29 is 14.1 Å². The summed E-state index contributed by atoms with van der Waals surface area (Å²) in [5.74, 6) is 1.69. The lowest BCUT2D eigenvalue weighted by atomic mass is 9.96. The predicted octanol–water partition coefficient (Wildman–Crippen LogP) is 2.95. The Morgan fingerprint density at radius 3 is 2.82 bits per heavy atom. The Morgan fingerprint density at radius 2 is 2.07 bits per heavy atom. The van der Waals surface area contributed by atoms with Crippen LogP contribution >= 0.6 is 0 Å². The van der Waals surface area contributed by atoms with Crippen molar-refractivity contribution in [2.45, 2.75) is 65.2 Å². The zero-order valence-corrected chi connectivity index (χ0v) is 17.1. The summed E-state index contributed by atoms with van der Waals surface area (Å²) in [6, 6.07) is 2.10. The zero-order chi connectivity index (χ0) is 19.8. The standard InChI is InChI=1S/C21H28N4O3/c1-13(2)25-12-17-16(21(25)26)9-14(20(22-17)27-4)10-24(3)11-18-15-7-5-6-8-19(15)28-23-18/h9,13H,5-8,10-12H2,1-4H3. The van der Waals surface area contributed by atoms with Gasteiger partial charge in [0.2, 0.25) is 5.88 Å². The minimum atomic E-state index is 0.0506. The highest BCUT2D eigenvalue weighted by molar-refractivity contribution is 5.98. The van der Waals surface area contributed by atoms with E-state index in [9.17, 15) is 4.79 Å². The highest BCUT2D eigenvalue weighted by Crippen LogP contribution is 2.30. The van der Waals surface area contributed by atoms with Crippen LogP contribution in [0.2, 0.25) is 0 Å². The molecule has 2 aromatic heterocycles. The summed E-state index contributed by atoms with van der Waals surface area (Å²) in [4.78, 5) is 21.3. The van der Waals surface area contributed by atoms with E-state index in [4.69, 9.17) is 9.26 Å². The molecule has 28 heavy (non-hydrogen) atoms. The molecule has 1 aliphatic carbocycles. The van der Waals surface area contributed by atoms with E-state index in [-0.39, 0.29) is 11.9 Å². The summed E-state index contributed by atoms with van der Waals surface area (Å²) in [5, 5.41) is 4.30. The number of rotatable bonds is 6. The highest BCUT2D eigenvalue weighted by atomic mass is 16.5. The molecule has 2 aromatic rings. The van der Waals surface area contributed by atoms with Gasteiger partial charge in [0.15, 0.2) is 0 Å². The van der Waals surface area contributed by atoms with E-state index in [1.807, 2.05) is 31.9 Å². The molecule has 0 spiro atoms. The van der Waals surface area contributed by atoms with Crippen LogP contribution in [0, 0.1) is 0 Å². The first-order valence-corrected chi connectivity index (χ1v) is 10.0. The monoisotopic (exact) mass is 384 g/mol. The molecule has 2 aliphatic rings. The van der Waals surface area contributed by atoms with Crippen molar-refractivity contribution in [3.8, 4) is 5.88 Å². The Bertz CT molecular complexity index is 890. The number of fused-ring (bicyclic) bond motifs is 2. The molecule has 7 heteroatoms. The zero-order valence-electron chi connectivity index (χ0n) is 17.1. The summed E-state index contributed by atoms with van der Waals surface area (Å²) >= 11 is 0. The van der Waals surface area contributed by atoms with Gasteiger partial charge in [-0.25, -0.2) is 4.98 Å². The van der Waals surface area contributed by atoms with Crippen LogP contribution in [0.1, 0.15) is 65.3 Å². The number of aryl methyl sites for hydroxylation is 1. The summed E-state index contributed by atoms with van der Waals surface area (Å²) in [5.41, 5.74) is 4.71. The van der Waals surface area contributed by atoms with Gasteiger partial charge in [0.1, 0.15) is 11.5 Å². The summed E-state index contributed by atoms with van der Waals surface area (Å²) < 4.78 is 11.1. The van der Waals surface area contributed by atoms with Gasteiger partial charge in [-0.2, -0.15) is 0 Å². The number of methoxy groups -OCH3 is 1. The minimum Gasteiger partial charge on any atom is -0.481 e. The van der Waals surface area contributed by atoms with Crippen molar-refractivity contribution in [3.63, 3.8) is 0 Å². The fourth-order valence-corrected chi connectivity index (χ4v) is 4.15. The summed E-state index contributed by atoms with van der Waals surface area (Å²) in [7, 11) is 3.67. The number of hydrogen-bond donors (Lipinski definition) is 0. The normalized spacial score (nSPS) is 16.1. The first kappa shape index (κ1) is 18.9. The highest BCUT2D eigenvalue weighted by Gasteiger charge is 2.32. The molecule has 150 valence electrons. The van der Waals surface area contributed by atoms with E-state index in [1.54, 1.807) is 7.11 Å². The van der Waals surface area contributed by atoms with Crippen LogP contribution < -0.4 is 4.74 Å². The van der Waals surface area contributed by atoms with E-state index in [2.05, 4.69) is 15.0 Å². The maximum absolute atomic E-state index is 12.7. The van der Waals surface area contributed by atoms with E-state index in [0.717, 1.165) is 35.6 Å². The molecular formula is C21H28N4O3. The largest absolute Gasteiger partial charge is 0.481 e. The molecule has 7 nitrogen and oxygen atoms in total. The second kappa shape index (κ2) is 7.54. The van der Waals surface area contributed by atoms with E-state index < -0.39 is 0 Å². The molecule has 0 radical (unpaired) electrons. The first-order valence-electron chi connectivity index (χ1n) is 10.0. The Balaban J connectivity index is 1.53. The fraction of sp³-hybridized carbons (Fsp3) is 0.571. The molecule has 0 N–H and O–H groups in total. The Labute approximate surface area is 165 Å². The average Bonchev–Trinajstić information content (AvgIpc) is 3.22. The predicted molar refractivity (Wildman–Crippen MR) is 104 cm³/mol. The Morgan fingerprint density at radius 1 is 1.29 bits per heavy atom. The smallest absolute Gasteiger partial charge is 0.256 e. The number of aromatic nitrogens is 2. The molecule has 0 aromatic carbocycles. The molecule has 0 unspecified atom stereocenters. The van der Waals surface area contributed by atoms with Gasteiger partial charge < -0.3 is 14.2 Å². The maximum Gasteiger partial charge on any atom is 0.256 e. The van der Waals surface area contributed by atoms with Gasteiger partial charge >= 0.3 is 0 Å². The van der Waals surface area contributed by atoms with Crippen LogP contribution in [0.4, 0.5) is 0 Å². The van der Waals surface area contributed by atoms with Crippen molar-refractivity contribution in [1.82, 2.24) is 19.9 Å². The molecule has 0 atom stereocenters. The number of hydrogen-bond acceptors (Lipinski definition) is 6. The Hall–Kier alpha value is -2.41. The number of amides is 1. The second-order valence-electron chi connectivity index (χ2n) is 8.09. The van der Waals surface area contributed by atoms with Gasteiger partial charge in [-0.05, 0) is 46.2 Å². The molecule has 0 fully saturated rings. The van der Waals surface area contributed by atoms with E-state index >= 15 is 0 Å². The van der Waals surface area contributed by atoms with Gasteiger partial charge in [0, 0.05) is 36.7 Å². The Kier molecular flexibility index (Phi) is 5.10. The SMILES string of the molecule is COc1nc2c(cc1CN(C)Cc1noc3c1CCCC3)C(=O)N(C(C)C)C2.